The van der Waals surface area contributed by atoms with Crippen LogP contribution in [0.5, 0.6) is 5.75 Å². The minimum Gasteiger partial charge on any atom is -0.490 e. The van der Waals surface area contributed by atoms with E-state index in [4.69, 9.17) is 30.8 Å². The standard InChI is InChI=1S/C30H37N9O3/c1-2-39-26-22(41-8-4-7-31)16-33-23(24(26)35-28(39)25-27(32)38-42-37-25)20-5-3-6-21(12-20)34-29(40)36-30-13-17-9-18(14-30)11-19(10-17)15-30/h3,5-6,12,16-19H,2,4,7-11,13-15,31H2,1H3,(H2,32,38)(H2,34,36,40). The third kappa shape index (κ3) is 4.73. The first-order chi connectivity index (χ1) is 20.4. The molecular formula is C30H37N9O3. The van der Waals surface area contributed by atoms with Gasteiger partial charge in [0.05, 0.1) is 18.5 Å². The second kappa shape index (κ2) is 10.6. The van der Waals surface area contributed by atoms with Crippen LogP contribution < -0.4 is 26.8 Å². The first-order valence-electron chi connectivity index (χ1n) is 15.0. The van der Waals surface area contributed by atoms with Crippen molar-refractivity contribution in [1.29, 1.82) is 0 Å². The summed E-state index contributed by atoms with van der Waals surface area (Å²) >= 11 is 0. The third-order valence-corrected chi connectivity index (χ3v) is 9.19. The van der Waals surface area contributed by atoms with Crippen LogP contribution >= 0.6 is 0 Å². The van der Waals surface area contributed by atoms with E-state index in [0.29, 0.717) is 60.3 Å². The Morgan fingerprint density at radius 1 is 1.14 bits per heavy atom. The molecule has 42 heavy (non-hydrogen) atoms. The van der Waals surface area contributed by atoms with Gasteiger partial charge in [0.1, 0.15) is 11.0 Å². The monoisotopic (exact) mass is 571 g/mol. The van der Waals surface area contributed by atoms with Gasteiger partial charge < -0.3 is 31.4 Å². The fourth-order valence-corrected chi connectivity index (χ4v) is 7.95. The molecule has 4 aliphatic rings. The fourth-order valence-electron chi connectivity index (χ4n) is 7.95. The van der Waals surface area contributed by atoms with E-state index in [1.54, 1.807) is 6.20 Å². The normalized spacial score (nSPS) is 24.3. The first kappa shape index (κ1) is 26.7. The number of hydrogen-bond donors (Lipinski definition) is 4. The Hall–Kier alpha value is -4.19. The topological polar surface area (TPSA) is 172 Å². The van der Waals surface area contributed by atoms with Crippen LogP contribution in [0.4, 0.5) is 16.3 Å². The Kier molecular flexibility index (Phi) is 6.72. The molecule has 3 heterocycles. The lowest BCUT2D eigenvalue weighted by atomic mass is 9.53. The number of ether oxygens (including phenoxy) is 1. The molecule has 3 aromatic heterocycles. The van der Waals surface area contributed by atoms with E-state index in [9.17, 15) is 4.79 Å². The number of nitrogens with two attached hydrogens (primary N) is 2. The van der Waals surface area contributed by atoms with Gasteiger partial charge in [0, 0.05) is 23.3 Å². The summed E-state index contributed by atoms with van der Waals surface area (Å²) in [6, 6.07) is 7.53. The number of aromatic nitrogens is 5. The molecular weight excluding hydrogens is 534 g/mol. The van der Waals surface area contributed by atoms with Gasteiger partial charge in [-0.1, -0.05) is 12.1 Å². The number of aryl methyl sites for hydroxylation is 1. The molecule has 0 aliphatic heterocycles. The van der Waals surface area contributed by atoms with Crippen molar-refractivity contribution in [2.75, 3.05) is 24.2 Å². The number of hydrogen-bond acceptors (Lipinski definition) is 9. The average Bonchev–Trinajstić information content (AvgIpc) is 3.55. The minimum atomic E-state index is -0.151. The second-order valence-electron chi connectivity index (χ2n) is 12.2. The molecule has 0 unspecified atom stereocenters. The molecule has 8 rings (SSSR count). The number of urea groups is 1. The van der Waals surface area contributed by atoms with Crippen molar-refractivity contribution in [2.24, 2.45) is 23.5 Å². The van der Waals surface area contributed by atoms with Gasteiger partial charge in [0.25, 0.3) is 0 Å². The quantitative estimate of drug-likeness (QED) is 0.210. The summed E-state index contributed by atoms with van der Waals surface area (Å²) in [5.74, 6) is 3.51. The maximum atomic E-state index is 13.3. The fraction of sp³-hybridized carbons (Fsp3) is 0.500. The van der Waals surface area contributed by atoms with E-state index in [1.807, 2.05) is 35.8 Å². The van der Waals surface area contributed by atoms with Gasteiger partial charge in [-0.15, -0.1) is 0 Å². The number of carbonyl (C=O) groups is 1. The molecule has 4 aliphatic carbocycles. The highest BCUT2D eigenvalue weighted by atomic mass is 16.6. The molecule has 12 heteroatoms. The summed E-state index contributed by atoms with van der Waals surface area (Å²) in [5.41, 5.74) is 15.5. The van der Waals surface area contributed by atoms with E-state index < -0.39 is 0 Å². The molecule has 4 bridgehead atoms. The van der Waals surface area contributed by atoms with Gasteiger partial charge in [-0.2, -0.15) is 0 Å². The van der Waals surface area contributed by atoms with Gasteiger partial charge in [0.2, 0.25) is 0 Å². The Labute approximate surface area is 243 Å². The van der Waals surface area contributed by atoms with Crippen molar-refractivity contribution in [3.8, 4) is 28.5 Å². The number of pyridine rings is 1. The number of nitrogen functional groups attached to an aromatic ring is 1. The number of carbonyl (C=O) groups excluding carboxylic acids is 1. The van der Waals surface area contributed by atoms with Gasteiger partial charge >= 0.3 is 6.03 Å². The Balaban J connectivity index is 1.21. The van der Waals surface area contributed by atoms with Gasteiger partial charge in [-0.25, -0.2) is 19.4 Å². The highest BCUT2D eigenvalue weighted by Crippen LogP contribution is 2.55. The number of fused-ring (bicyclic) bond motifs is 1. The SMILES string of the molecule is CCn1c(-c2nonc2N)nc2c(-c3cccc(NC(=O)NC45CC6CC(CC(C6)C4)C5)c3)ncc(OCCCN)c21. The van der Waals surface area contributed by atoms with E-state index in [0.717, 1.165) is 48.1 Å². The molecule has 220 valence electrons. The van der Waals surface area contributed by atoms with E-state index >= 15 is 0 Å². The molecule has 12 nitrogen and oxygen atoms in total. The summed E-state index contributed by atoms with van der Waals surface area (Å²) in [6.07, 6.45) is 9.70. The molecule has 4 saturated carbocycles. The Morgan fingerprint density at radius 3 is 2.57 bits per heavy atom. The minimum absolute atomic E-state index is 0.0644. The Morgan fingerprint density at radius 2 is 1.90 bits per heavy atom. The Bertz CT molecular complexity index is 1590. The molecule has 0 atom stereocenters. The summed E-state index contributed by atoms with van der Waals surface area (Å²) in [4.78, 5) is 22.9. The van der Waals surface area contributed by atoms with Gasteiger partial charge in [0.15, 0.2) is 23.1 Å². The van der Waals surface area contributed by atoms with Crippen LogP contribution in [-0.2, 0) is 6.54 Å². The number of imidazole rings is 1. The smallest absolute Gasteiger partial charge is 0.319 e. The molecule has 6 N–H and O–H groups in total. The highest BCUT2D eigenvalue weighted by Gasteiger charge is 2.51. The lowest BCUT2D eigenvalue weighted by Crippen LogP contribution is -2.60. The highest BCUT2D eigenvalue weighted by molar-refractivity contribution is 5.97. The van der Waals surface area contributed by atoms with E-state index in [-0.39, 0.29) is 17.4 Å². The van der Waals surface area contributed by atoms with Crippen LogP contribution in [0, 0.1) is 17.8 Å². The van der Waals surface area contributed by atoms with E-state index in [1.165, 1.54) is 19.3 Å². The van der Waals surface area contributed by atoms with Crippen LogP contribution in [0.3, 0.4) is 0 Å². The molecule has 4 aromatic rings. The predicted molar refractivity (Wildman–Crippen MR) is 159 cm³/mol. The lowest BCUT2D eigenvalue weighted by Gasteiger charge is -2.56. The van der Waals surface area contributed by atoms with Crippen molar-refractivity contribution in [1.82, 2.24) is 30.2 Å². The van der Waals surface area contributed by atoms with Crippen LogP contribution in [-0.4, -0.2) is 49.6 Å². The second-order valence-corrected chi connectivity index (χ2v) is 12.2. The molecule has 1 aromatic carbocycles. The first-order valence-corrected chi connectivity index (χ1v) is 15.0. The predicted octanol–water partition coefficient (Wildman–Crippen LogP) is 4.57. The van der Waals surface area contributed by atoms with Crippen LogP contribution in [0.1, 0.15) is 51.9 Å². The number of anilines is 2. The van der Waals surface area contributed by atoms with Crippen molar-refractivity contribution in [3.05, 3.63) is 30.5 Å². The number of nitrogens with zero attached hydrogens (tertiary/aromatic N) is 5. The van der Waals surface area contributed by atoms with E-state index in [2.05, 4.69) is 20.9 Å². The number of nitrogens with one attached hydrogen (secondary N) is 2. The summed E-state index contributed by atoms with van der Waals surface area (Å²) < 4.78 is 12.9. The number of benzene rings is 1. The summed E-state index contributed by atoms with van der Waals surface area (Å²) in [7, 11) is 0. The zero-order valence-electron chi connectivity index (χ0n) is 23.8. The molecule has 0 radical (unpaired) electrons. The largest absolute Gasteiger partial charge is 0.490 e. The summed E-state index contributed by atoms with van der Waals surface area (Å²) in [6.45, 7) is 3.54. The maximum Gasteiger partial charge on any atom is 0.319 e. The average molecular weight is 572 g/mol. The van der Waals surface area contributed by atoms with Gasteiger partial charge in [-0.05, 0) is 98.6 Å². The molecule has 0 saturated heterocycles. The maximum absolute atomic E-state index is 13.3. The van der Waals surface area contributed by atoms with Crippen molar-refractivity contribution < 1.29 is 14.2 Å². The molecule has 0 spiro atoms. The molecule has 2 amide bonds. The van der Waals surface area contributed by atoms with Crippen LogP contribution in [0.2, 0.25) is 0 Å². The van der Waals surface area contributed by atoms with Crippen LogP contribution in [0.25, 0.3) is 33.8 Å². The van der Waals surface area contributed by atoms with Gasteiger partial charge in [-0.3, -0.25) is 0 Å². The molecule has 4 fully saturated rings. The number of rotatable bonds is 9. The third-order valence-electron chi connectivity index (χ3n) is 9.19. The van der Waals surface area contributed by atoms with Crippen LogP contribution in [0.15, 0.2) is 35.1 Å². The lowest BCUT2D eigenvalue weighted by molar-refractivity contribution is -0.0127. The van der Waals surface area contributed by atoms with Crippen molar-refractivity contribution in [3.63, 3.8) is 0 Å². The zero-order valence-corrected chi connectivity index (χ0v) is 23.8. The van der Waals surface area contributed by atoms with Crippen molar-refractivity contribution >= 4 is 28.6 Å². The number of amides is 2. The van der Waals surface area contributed by atoms with Crippen molar-refractivity contribution in [2.45, 2.75) is 64.0 Å². The summed E-state index contributed by atoms with van der Waals surface area (Å²) in [5, 5.41) is 14.2. The zero-order chi connectivity index (χ0) is 28.8.